The molecule has 2 rings (SSSR count). The van der Waals surface area contributed by atoms with Crippen molar-refractivity contribution in [3.63, 3.8) is 0 Å². The minimum absolute atomic E-state index is 0.132. The molecule has 0 saturated carbocycles. The lowest BCUT2D eigenvalue weighted by atomic mass is 9.95. The maximum absolute atomic E-state index is 12.6. The van der Waals surface area contributed by atoms with Crippen molar-refractivity contribution in [3.05, 3.63) is 34.9 Å². The second-order valence-electron chi connectivity index (χ2n) is 4.84. The largest absolute Gasteiger partial charge is 0.402 e. The zero-order valence-electron chi connectivity index (χ0n) is 10.2. The number of halogens is 7. The molecular weight excluding hydrogens is 306 g/mol. The quantitative estimate of drug-likeness (QED) is 0.520. The molecule has 0 saturated heterocycles. The Balaban J connectivity index is 2.35. The molecule has 1 aliphatic rings. The Kier molecular flexibility index (Phi) is 3.97. The van der Waals surface area contributed by atoms with Gasteiger partial charge in [0.25, 0.3) is 0 Å². The fourth-order valence-corrected chi connectivity index (χ4v) is 2.89. The fraction of sp³-hybridized carbons (Fsp3) is 0.538. The third-order valence-electron chi connectivity index (χ3n) is 3.44. The maximum atomic E-state index is 12.6. The molecule has 0 N–H and O–H groups in total. The zero-order valence-corrected chi connectivity index (χ0v) is 10.9. The predicted octanol–water partition coefficient (Wildman–Crippen LogP) is 5.20. The van der Waals surface area contributed by atoms with Gasteiger partial charge < -0.3 is 0 Å². The van der Waals surface area contributed by atoms with Crippen LogP contribution in [0, 0.1) is 5.92 Å². The van der Waals surface area contributed by atoms with Gasteiger partial charge in [-0.3, -0.25) is 0 Å². The molecule has 1 aromatic carbocycles. The van der Waals surface area contributed by atoms with E-state index < -0.39 is 23.6 Å². The molecule has 1 aromatic rings. The van der Waals surface area contributed by atoms with Gasteiger partial charge in [-0.1, -0.05) is 18.2 Å². The van der Waals surface area contributed by atoms with E-state index in [1.807, 2.05) is 0 Å². The van der Waals surface area contributed by atoms with E-state index in [1.165, 1.54) is 12.1 Å². The SMILES string of the molecule is FC(F)(F)C(C(Cl)c1ccc2c(c1)CCC2)C(F)(F)F. The minimum Gasteiger partial charge on any atom is -0.170 e. The Morgan fingerprint density at radius 2 is 1.45 bits per heavy atom. The fourth-order valence-electron chi connectivity index (χ4n) is 2.47. The van der Waals surface area contributed by atoms with Crippen molar-refractivity contribution in [3.8, 4) is 0 Å². The molecule has 0 bridgehead atoms. The topological polar surface area (TPSA) is 0 Å². The summed E-state index contributed by atoms with van der Waals surface area (Å²) < 4.78 is 75.7. The van der Waals surface area contributed by atoms with Crippen LogP contribution in [-0.4, -0.2) is 12.4 Å². The van der Waals surface area contributed by atoms with Gasteiger partial charge in [-0.05, 0) is 36.0 Å². The van der Waals surface area contributed by atoms with Crippen LogP contribution in [0.1, 0.15) is 28.5 Å². The highest BCUT2D eigenvalue weighted by molar-refractivity contribution is 6.21. The van der Waals surface area contributed by atoms with Gasteiger partial charge in [-0.15, -0.1) is 11.6 Å². The number of aryl methyl sites for hydroxylation is 2. The van der Waals surface area contributed by atoms with E-state index in [0.29, 0.717) is 6.42 Å². The summed E-state index contributed by atoms with van der Waals surface area (Å²) in [5.41, 5.74) is 1.62. The molecule has 0 amide bonds. The first-order valence-corrected chi connectivity index (χ1v) is 6.43. The van der Waals surface area contributed by atoms with Crippen molar-refractivity contribution >= 4 is 11.6 Å². The van der Waals surface area contributed by atoms with Crippen LogP contribution < -0.4 is 0 Å². The summed E-state index contributed by atoms with van der Waals surface area (Å²) >= 11 is 5.50. The molecule has 1 aliphatic carbocycles. The van der Waals surface area contributed by atoms with E-state index in [2.05, 4.69) is 0 Å². The Hall–Kier alpha value is -0.910. The molecule has 0 spiro atoms. The summed E-state index contributed by atoms with van der Waals surface area (Å²) in [6, 6.07) is 4.19. The number of benzene rings is 1. The number of hydrogen-bond acceptors (Lipinski definition) is 0. The second kappa shape index (κ2) is 5.13. The number of rotatable bonds is 2. The van der Waals surface area contributed by atoms with Crippen LogP contribution in [0.3, 0.4) is 0 Å². The Labute approximate surface area is 116 Å². The van der Waals surface area contributed by atoms with E-state index in [0.717, 1.165) is 24.0 Å². The number of fused-ring (bicyclic) bond motifs is 1. The molecule has 0 radical (unpaired) electrons. The van der Waals surface area contributed by atoms with E-state index in [9.17, 15) is 26.3 Å². The van der Waals surface area contributed by atoms with Crippen molar-refractivity contribution in [1.82, 2.24) is 0 Å². The van der Waals surface area contributed by atoms with Crippen LogP contribution in [0.15, 0.2) is 18.2 Å². The third kappa shape index (κ3) is 3.05. The van der Waals surface area contributed by atoms with Crippen molar-refractivity contribution in [2.24, 2.45) is 5.92 Å². The van der Waals surface area contributed by atoms with Gasteiger partial charge in [0.2, 0.25) is 0 Å². The van der Waals surface area contributed by atoms with Gasteiger partial charge in [0.1, 0.15) is 0 Å². The Morgan fingerprint density at radius 3 is 2.00 bits per heavy atom. The van der Waals surface area contributed by atoms with E-state index in [4.69, 9.17) is 11.6 Å². The lowest BCUT2D eigenvalue weighted by Gasteiger charge is -2.27. The van der Waals surface area contributed by atoms with Gasteiger partial charge in [-0.2, -0.15) is 26.3 Å². The maximum Gasteiger partial charge on any atom is 0.402 e. The predicted molar refractivity (Wildman–Crippen MR) is 62.7 cm³/mol. The summed E-state index contributed by atoms with van der Waals surface area (Å²) in [6.45, 7) is 0. The molecule has 20 heavy (non-hydrogen) atoms. The Bertz CT molecular complexity index is 477. The van der Waals surface area contributed by atoms with E-state index in [-0.39, 0.29) is 5.56 Å². The third-order valence-corrected chi connectivity index (χ3v) is 3.94. The summed E-state index contributed by atoms with van der Waals surface area (Å²) in [6.07, 6.45) is -8.54. The highest BCUT2D eigenvalue weighted by Crippen LogP contribution is 2.49. The van der Waals surface area contributed by atoms with Crippen LogP contribution in [0.25, 0.3) is 0 Å². The van der Waals surface area contributed by atoms with Crippen LogP contribution in [0.5, 0.6) is 0 Å². The molecule has 0 heterocycles. The average molecular weight is 317 g/mol. The average Bonchev–Trinajstić information content (AvgIpc) is 2.71. The number of alkyl halides is 7. The van der Waals surface area contributed by atoms with Gasteiger partial charge >= 0.3 is 12.4 Å². The molecule has 1 atom stereocenters. The van der Waals surface area contributed by atoms with Gasteiger partial charge in [-0.25, -0.2) is 0 Å². The van der Waals surface area contributed by atoms with Crippen LogP contribution in [-0.2, 0) is 12.8 Å². The van der Waals surface area contributed by atoms with E-state index in [1.54, 1.807) is 6.07 Å². The molecule has 0 aromatic heterocycles. The van der Waals surface area contributed by atoms with Crippen molar-refractivity contribution in [1.29, 1.82) is 0 Å². The molecular formula is C13H11ClF6. The van der Waals surface area contributed by atoms with Gasteiger partial charge in [0.05, 0.1) is 5.38 Å². The molecule has 1 unspecified atom stereocenters. The lowest BCUT2D eigenvalue weighted by molar-refractivity contribution is -0.284. The summed E-state index contributed by atoms with van der Waals surface area (Å²) in [5.74, 6) is -3.56. The molecule has 112 valence electrons. The molecule has 0 nitrogen and oxygen atoms in total. The smallest absolute Gasteiger partial charge is 0.170 e. The normalized spacial score (nSPS) is 17.4. The first-order chi connectivity index (χ1) is 9.10. The number of hydrogen-bond donors (Lipinski definition) is 0. The van der Waals surface area contributed by atoms with Crippen molar-refractivity contribution in [2.75, 3.05) is 0 Å². The van der Waals surface area contributed by atoms with Crippen LogP contribution in [0.4, 0.5) is 26.3 Å². The first-order valence-electron chi connectivity index (χ1n) is 6.00. The second-order valence-corrected chi connectivity index (χ2v) is 5.31. The van der Waals surface area contributed by atoms with E-state index >= 15 is 0 Å². The molecule has 7 heteroatoms. The van der Waals surface area contributed by atoms with Crippen LogP contribution in [0.2, 0.25) is 0 Å². The lowest BCUT2D eigenvalue weighted by Crippen LogP contribution is -2.39. The molecule has 0 fully saturated rings. The highest BCUT2D eigenvalue weighted by Gasteiger charge is 2.60. The van der Waals surface area contributed by atoms with Gasteiger partial charge in [0, 0.05) is 0 Å². The van der Waals surface area contributed by atoms with Crippen molar-refractivity contribution in [2.45, 2.75) is 37.0 Å². The monoisotopic (exact) mass is 316 g/mol. The summed E-state index contributed by atoms with van der Waals surface area (Å²) in [5, 5.41) is -2.17. The standard InChI is InChI=1S/C13H11ClF6/c14-10(11(12(15,16)17)13(18,19)20)9-5-4-7-2-1-3-8(7)6-9/h4-6,10-11H,1-3H2. The molecule has 0 aliphatic heterocycles. The minimum atomic E-state index is -5.43. The summed E-state index contributed by atoms with van der Waals surface area (Å²) in [7, 11) is 0. The summed E-state index contributed by atoms with van der Waals surface area (Å²) in [4.78, 5) is 0. The Morgan fingerprint density at radius 1 is 0.900 bits per heavy atom. The first kappa shape index (κ1) is 15.5. The van der Waals surface area contributed by atoms with Gasteiger partial charge in [0.15, 0.2) is 5.92 Å². The van der Waals surface area contributed by atoms with Crippen LogP contribution >= 0.6 is 11.6 Å². The highest BCUT2D eigenvalue weighted by atomic mass is 35.5. The zero-order chi connectivity index (χ0) is 15.1. The van der Waals surface area contributed by atoms with Crippen molar-refractivity contribution < 1.29 is 26.3 Å².